The molecule has 0 aromatic heterocycles. The number of thioether (sulfide) groups is 1. The molecule has 4 heteroatoms. The van der Waals surface area contributed by atoms with Gasteiger partial charge in [-0.15, -0.1) is 11.8 Å². The highest BCUT2D eigenvalue weighted by molar-refractivity contribution is 7.99. The van der Waals surface area contributed by atoms with Gasteiger partial charge in [0, 0.05) is 22.3 Å². The Morgan fingerprint density at radius 1 is 1.28 bits per heavy atom. The van der Waals surface area contributed by atoms with Crippen molar-refractivity contribution in [2.45, 2.75) is 30.9 Å². The fourth-order valence-corrected chi connectivity index (χ4v) is 2.25. The quantitative estimate of drug-likeness (QED) is 0.778. The number of hydrogen-bond acceptors (Lipinski definition) is 3. The van der Waals surface area contributed by atoms with Gasteiger partial charge in [0.25, 0.3) is 5.91 Å². The molecule has 0 aliphatic rings. The zero-order valence-electron chi connectivity index (χ0n) is 11.3. The fourth-order valence-electron chi connectivity index (χ4n) is 1.41. The molecule has 1 unspecified atom stereocenters. The molecule has 3 N–H and O–H groups in total. The molecule has 0 bridgehead atoms. The van der Waals surface area contributed by atoms with Crippen LogP contribution in [0.5, 0.6) is 0 Å². The number of rotatable bonds is 6. The van der Waals surface area contributed by atoms with E-state index in [2.05, 4.69) is 19.2 Å². The largest absolute Gasteiger partial charge is 0.352 e. The highest BCUT2D eigenvalue weighted by atomic mass is 32.2. The van der Waals surface area contributed by atoms with E-state index in [1.165, 1.54) is 4.90 Å². The standard InChI is InChI=1S/C14H22N2OS/c1-10(2)18-13-6-4-12(5-7-13)14(17)16-9-11(3)8-15/h4-7,10-11H,8-9,15H2,1-3H3,(H,16,17). The number of hydrogen-bond donors (Lipinski definition) is 2. The maximum Gasteiger partial charge on any atom is 0.251 e. The Kier molecular flexibility index (Phi) is 6.22. The third-order valence-corrected chi connectivity index (χ3v) is 3.52. The molecule has 0 spiro atoms. The monoisotopic (exact) mass is 266 g/mol. The minimum Gasteiger partial charge on any atom is -0.352 e. The number of nitrogens with one attached hydrogen (secondary N) is 1. The predicted molar refractivity (Wildman–Crippen MR) is 78.0 cm³/mol. The minimum absolute atomic E-state index is 0.0311. The first kappa shape index (κ1) is 15.1. The summed E-state index contributed by atoms with van der Waals surface area (Å²) in [4.78, 5) is 13.0. The van der Waals surface area contributed by atoms with E-state index in [1.807, 2.05) is 31.2 Å². The van der Waals surface area contributed by atoms with Crippen LogP contribution < -0.4 is 11.1 Å². The van der Waals surface area contributed by atoms with Crippen LogP contribution >= 0.6 is 11.8 Å². The SMILES string of the molecule is CC(CN)CNC(=O)c1ccc(SC(C)C)cc1. The number of amides is 1. The molecule has 100 valence electrons. The number of nitrogens with two attached hydrogens (primary N) is 1. The lowest BCUT2D eigenvalue weighted by Gasteiger charge is -2.10. The molecule has 1 aromatic rings. The number of carbonyl (C=O) groups excluding carboxylic acids is 1. The van der Waals surface area contributed by atoms with Gasteiger partial charge in [0.1, 0.15) is 0 Å². The van der Waals surface area contributed by atoms with Crippen molar-refractivity contribution in [1.82, 2.24) is 5.32 Å². The van der Waals surface area contributed by atoms with E-state index in [0.29, 0.717) is 29.8 Å². The summed E-state index contributed by atoms with van der Waals surface area (Å²) in [7, 11) is 0. The maximum atomic E-state index is 11.8. The molecule has 3 nitrogen and oxygen atoms in total. The summed E-state index contributed by atoms with van der Waals surface area (Å²) >= 11 is 1.79. The van der Waals surface area contributed by atoms with E-state index in [4.69, 9.17) is 5.73 Å². The van der Waals surface area contributed by atoms with E-state index in [-0.39, 0.29) is 5.91 Å². The average molecular weight is 266 g/mol. The summed E-state index contributed by atoms with van der Waals surface area (Å²) in [6, 6.07) is 7.72. The van der Waals surface area contributed by atoms with Crippen LogP contribution in [0.25, 0.3) is 0 Å². The van der Waals surface area contributed by atoms with Crippen molar-refractivity contribution >= 4 is 17.7 Å². The van der Waals surface area contributed by atoms with Crippen LogP contribution in [-0.2, 0) is 0 Å². The van der Waals surface area contributed by atoms with Crippen LogP contribution in [0.4, 0.5) is 0 Å². The predicted octanol–water partition coefficient (Wildman–Crippen LogP) is 2.51. The number of carbonyl (C=O) groups is 1. The Labute approximate surface area is 114 Å². The molecule has 0 fully saturated rings. The first-order valence-corrected chi connectivity index (χ1v) is 7.16. The van der Waals surface area contributed by atoms with Crippen LogP contribution in [0.15, 0.2) is 29.2 Å². The van der Waals surface area contributed by atoms with E-state index in [0.717, 1.165) is 0 Å². The summed E-state index contributed by atoms with van der Waals surface area (Å²) in [5.74, 6) is 0.279. The Hall–Kier alpha value is -1.00. The van der Waals surface area contributed by atoms with Crippen LogP contribution in [0.1, 0.15) is 31.1 Å². The molecule has 0 aliphatic heterocycles. The highest BCUT2D eigenvalue weighted by Crippen LogP contribution is 2.22. The third kappa shape index (κ3) is 5.10. The van der Waals surface area contributed by atoms with Gasteiger partial charge in [-0.2, -0.15) is 0 Å². The smallest absolute Gasteiger partial charge is 0.251 e. The molecule has 0 radical (unpaired) electrons. The first-order chi connectivity index (χ1) is 8.52. The van der Waals surface area contributed by atoms with E-state index < -0.39 is 0 Å². The van der Waals surface area contributed by atoms with Gasteiger partial charge in [0.15, 0.2) is 0 Å². The van der Waals surface area contributed by atoms with Crippen LogP contribution in [-0.4, -0.2) is 24.2 Å². The lowest BCUT2D eigenvalue weighted by molar-refractivity contribution is 0.0948. The molecule has 0 heterocycles. The van der Waals surface area contributed by atoms with Gasteiger partial charge in [-0.1, -0.05) is 20.8 Å². The second-order valence-electron chi connectivity index (χ2n) is 4.74. The Balaban J connectivity index is 2.53. The van der Waals surface area contributed by atoms with Gasteiger partial charge >= 0.3 is 0 Å². The van der Waals surface area contributed by atoms with Crippen molar-refractivity contribution in [3.8, 4) is 0 Å². The second-order valence-corrected chi connectivity index (χ2v) is 6.39. The molecule has 1 atom stereocenters. The molecule has 0 aliphatic carbocycles. The van der Waals surface area contributed by atoms with Gasteiger partial charge in [-0.25, -0.2) is 0 Å². The molecular weight excluding hydrogens is 244 g/mol. The van der Waals surface area contributed by atoms with Crippen molar-refractivity contribution in [1.29, 1.82) is 0 Å². The van der Waals surface area contributed by atoms with E-state index in [1.54, 1.807) is 11.8 Å². The van der Waals surface area contributed by atoms with Gasteiger partial charge in [0.2, 0.25) is 0 Å². The summed E-state index contributed by atoms with van der Waals surface area (Å²) < 4.78 is 0. The summed E-state index contributed by atoms with van der Waals surface area (Å²) in [6.07, 6.45) is 0. The van der Waals surface area contributed by atoms with Crippen molar-refractivity contribution in [3.05, 3.63) is 29.8 Å². The lowest BCUT2D eigenvalue weighted by Crippen LogP contribution is -2.31. The maximum absolute atomic E-state index is 11.8. The second kappa shape index (κ2) is 7.44. The Morgan fingerprint density at radius 2 is 1.89 bits per heavy atom. The van der Waals surface area contributed by atoms with Crippen molar-refractivity contribution < 1.29 is 4.79 Å². The van der Waals surface area contributed by atoms with Gasteiger partial charge in [0.05, 0.1) is 0 Å². The molecule has 0 saturated heterocycles. The number of benzene rings is 1. The minimum atomic E-state index is -0.0311. The van der Waals surface area contributed by atoms with Crippen LogP contribution in [0, 0.1) is 5.92 Å². The van der Waals surface area contributed by atoms with Crippen molar-refractivity contribution in [2.75, 3.05) is 13.1 Å². The normalized spacial score (nSPS) is 12.5. The Morgan fingerprint density at radius 3 is 2.39 bits per heavy atom. The molecule has 1 rings (SSSR count). The Bertz CT molecular complexity index is 376. The fraction of sp³-hybridized carbons (Fsp3) is 0.500. The van der Waals surface area contributed by atoms with Gasteiger partial charge in [-0.05, 0) is 36.7 Å². The van der Waals surface area contributed by atoms with Crippen molar-refractivity contribution in [2.24, 2.45) is 11.7 Å². The zero-order valence-corrected chi connectivity index (χ0v) is 12.1. The summed E-state index contributed by atoms with van der Waals surface area (Å²) in [5.41, 5.74) is 6.21. The summed E-state index contributed by atoms with van der Waals surface area (Å²) in [6.45, 7) is 7.53. The highest BCUT2D eigenvalue weighted by Gasteiger charge is 2.07. The third-order valence-electron chi connectivity index (χ3n) is 2.50. The van der Waals surface area contributed by atoms with E-state index >= 15 is 0 Å². The van der Waals surface area contributed by atoms with Crippen LogP contribution in [0.3, 0.4) is 0 Å². The van der Waals surface area contributed by atoms with Crippen molar-refractivity contribution in [3.63, 3.8) is 0 Å². The molecular formula is C14H22N2OS. The summed E-state index contributed by atoms with van der Waals surface area (Å²) in [5, 5.41) is 3.44. The van der Waals surface area contributed by atoms with Gasteiger partial charge in [-0.3, -0.25) is 4.79 Å². The molecule has 1 aromatic carbocycles. The lowest BCUT2D eigenvalue weighted by atomic mass is 10.1. The molecule has 18 heavy (non-hydrogen) atoms. The van der Waals surface area contributed by atoms with E-state index in [9.17, 15) is 4.79 Å². The molecule has 0 saturated carbocycles. The average Bonchev–Trinajstić information content (AvgIpc) is 2.35. The molecule has 1 amide bonds. The van der Waals surface area contributed by atoms with Crippen LogP contribution in [0.2, 0.25) is 0 Å². The first-order valence-electron chi connectivity index (χ1n) is 6.28. The zero-order chi connectivity index (χ0) is 13.5. The van der Waals surface area contributed by atoms with Gasteiger partial charge < -0.3 is 11.1 Å². The topological polar surface area (TPSA) is 55.1 Å².